The number of rotatable bonds is 1. The average molecular weight is 186 g/mol. The second kappa shape index (κ2) is 3.95. The zero-order valence-electron chi connectivity index (χ0n) is 9.17. The van der Waals surface area contributed by atoms with Crippen molar-refractivity contribution in [2.45, 2.75) is 45.4 Å². The van der Waals surface area contributed by atoms with Gasteiger partial charge in [0.05, 0.1) is 6.10 Å². The third-order valence-electron chi connectivity index (χ3n) is 2.74. The van der Waals surface area contributed by atoms with Crippen molar-refractivity contribution in [3.05, 3.63) is 0 Å². The normalized spacial score (nSPS) is 28.8. The van der Waals surface area contributed by atoms with Crippen LogP contribution in [-0.4, -0.2) is 47.3 Å². The molecule has 1 saturated heterocycles. The summed E-state index contributed by atoms with van der Waals surface area (Å²) in [6, 6.07) is 0.230. The Morgan fingerprint density at radius 1 is 1.46 bits per heavy atom. The van der Waals surface area contributed by atoms with Crippen LogP contribution in [0.2, 0.25) is 0 Å². The molecule has 3 heteroatoms. The monoisotopic (exact) mass is 186 g/mol. The Kier molecular flexibility index (Phi) is 3.33. The predicted octanol–water partition coefficient (Wildman–Crippen LogP) is 0.440. The van der Waals surface area contributed by atoms with E-state index in [-0.39, 0.29) is 17.7 Å². The van der Waals surface area contributed by atoms with E-state index in [9.17, 15) is 5.11 Å². The Morgan fingerprint density at radius 2 is 2.08 bits per heavy atom. The number of hydrogen-bond acceptors (Lipinski definition) is 3. The zero-order chi connectivity index (χ0) is 10.1. The summed E-state index contributed by atoms with van der Waals surface area (Å²) in [6.45, 7) is 11.5. The molecule has 0 aromatic rings. The van der Waals surface area contributed by atoms with Crippen LogP contribution in [0.3, 0.4) is 0 Å². The topological polar surface area (TPSA) is 35.5 Å². The van der Waals surface area contributed by atoms with E-state index in [4.69, 9.17) is 0 Å². The zero-order valence-corrected chi connectivity index (χ0v) is 9.17. The first kappa shape index (κ1) is 11.0. The van der Waals surface area contributed by atoms with Crippen LogP contribution in [0.5, 0.6) is 0 Å². The highest BCUT2D eigenvalue weighted by Gasteiger charge is 2.29. The van der Waals surface area contributed by atoms with Crippen molar-refractivity contribution < 1.29 is 5.11 Å². The maximum absolute atomic E-state index is 9.47. The van der Waals surface area contributed by atoms with Crippen molar-refractivity contribution in [3.63, 3.8) is 0 Å². The Labute approximate surface area is 81.1 Å². The molecule has 1 aliphatic rings. The van der Waals surface area contributed by atoms with E-state index in [0.29, 0.717) is 0 Å². The van der Waals surface area contributed by atoms with Crippen LogP contribution >= 0.6 is 0 Å². The molecule has 13 heavy (non-hydrogen) atoms. The van der Waals surface area contributed by atoms with Crippen LogP contribution in [0.25, 0.3) is 0 Å². The van der Waals surface area contributed by atoms with Gasteiger partial charge >= 0.3 is 0 Å². The van der Waals surface area contributed by atoms with Gasteiger partial charge in [-0.05, 0) is 27.7 Å². The molecular weight excluding hydrogens is 164 g/mol. The molecule has 0 unspecified atom stereocenters. The van der Waals surface area contributed by atoms with Gasteiger partial charge in [0.2, 0.25) is 0 Å². The molecule has 0 aromatic carbocycles. The van der Waals surface area contributed by atoms with E-state index in [1.807, 2.05) is 6.92 Å². The fraction of sp³-hybridized carbons (Fsp3) is 1.00. The molecule has 0 amide bonds. The van der Waals surface area contributed by atoms with Gasteiger partial charge in [0.15, 0.2) is 0 Å². The molecule has 2 atom stereocenters. The van der Waals surface area contributed by atoms with Crippen molar-refractivity contribution in [2.75, 3.05) is 19.6 Å². The van der Waals surface area contributed by atoms with Gasteiger partial charge in [-0.3, -0.25) is 4.90 Å². The highest BCUT2D eigenvalue weighted by Crippen LogP contribution is 2.16. The van der Waals surface area contributed by atoms with Crippen LogP contribution in [0, 0.1) is 0 Å². The van der Waals surface area contributed by atoms with E-state index >= 15 is 0 Å². The van der Waals surface area contributed by atoms with Gasteiger partial charge in [-0.2, -0.15) is 0 Å². The number of aliphatic hydroxyl groups is 1. The van der Waals surface area contributed by atoms with Gasteiger partial charge < -0.3 is 10.4 Å². The summed E-state index contributed by atoms with van der Waals surface area (Å²) in [7, 11) is 0. The lowest BCUT2D eigenvalue weighted by atomic mass is 10.0. The molecule has 0 saturated carbocycles. The van der Waals surface area contributed by atoms with Crippen LogP contribution < -0.4 is 5.32 Å². The molecule has 3 nitrogen and oxygen atoms in total. The number of piperazine rings is 1. The molecule has 1 heterocycles. The van der Waals surface area contributed by atoms with E-state index in [0.717, 1.165) is 19.6 Å². The molecule has 1 aliphatic heterocycles. The highest BCUT2D eigenvalue weighted by atomic mass is 16.3. The van der Waals surface area contributed by atoms with Crippen LogP contribution in [0.1, 0.15) is 27.7 Å². The van der Waals surface area contributed by atoms with Gasteiger partial charge in [0, 0.05) is 31.2 Å². The highest BCUT2D eigenvalue weighted by molar-refractivity contribution is 4.87. The lowest BCUT2D eigenvalue weighted by Gasteiger charge is -2.42. The fourth-order valence-corrected chi connectivity index (χ4v) is 1.71. The standard InChI is InChI=1S/C10H22N2O/c1-8(13)9-7-12(6-5-11-9)10(2,3)4/h8-9,11,13H,5-7H2,1-4H3/t8-,9-/m1/s1. The summed E-state index contributed by atoms with van der Waals surface area (Å²) in [5, 5.41) is 12.8. The van der Waals surface area contributed by atoms with Crippen LogP contribution in [0.4, 0.5) is 0 Å². The predicted molar refractivity (Wildman–Crippen MR) is 54.8 cm³/mol. The minimum Gasteiger partial charge on any atom is -0.392 e. The lowest BCUT2D eigenvalue weighted by Crippen LogP contribution is -2.59. The number of aliphatic hydroxyl groups excluding tert-OH is 1. The van der Waals surface area contributed by atoms with E-state index in [2.05, 4.69) is 31.0 Å². The minimum atomic E-state index is -0.259. The lowest BCUT2D eigenvalue weighted by molar-refractivity contribution is 0.0476. The third kappa shape index (κ3) is 2.93. The summed E-state index contributed by atoms with van der Waals surface area (Å²) in [5.74, 6) is 0. The van der Waals surface area contributed by atoms with Crippen LogP contribution in [0.15, 0.2) is 0 Å². The third-order valence-corrected chi connectivity index (χ3v) is 2.74. The Balaban J connectivity index is 2.52. The number of hydrogen-bond donors (Lipinski definition) is 2. The second-order valence-electron chi connectivity index (χ2n) is 4.92. The van der Waals surface area contributed by atoms with Crippen molar-refractivity contribution in [2.24, 2.45) is 0 Å². The van der Waals surface area contributed by atoms with Gasteiger partial charge in [0.1, 0.15) is 0 Å². The molecule has 2 N–H and O–H groups in total. The quantitative estimate of drug-likeness (QED) is 0.624. The summed E-state index contributed by atoms with van der Waals surface area (Å²) >= 11 is 0. The Morgan fingerprint density at radius 3 is 2.54 bits per heavy atom. The maximum Gasteiger partial charge on any atom is 0.0677 e. The summed E-state index contributed by atoms with van der Waals surface area (Å²) < 4.78 is 0. The average Bonchev–Trinajstić information content (AvgIpc) is 2.03. The molecule has 1 fully saturated rings. The molecule has 1 rings (SSSR count). The van der Waals surface area contributed by atoms with Crippen molar-refractivity contribution in [1.29, 1.82) is 0 Å². The van der Waals surface area contributed by atoms with Crippen molar-refractivity contribution >= 4 is 0 Å². The molecule has 78 valence electrons. The molecule has 0 aromatic heterocycles. The first-order valence-corrected chi connectivity index (χ1v) is 5.08. The first-order valence-electron chi connectivity index (χ1n) is 5.08. The molecular formula is C10H22N2O. The number of nitrogens with zero attached hydrogens (tertiary/aromatic N) is 1. The Hall–Kier alpha value is -0.120. The van der Waals surface area contributed by atoms with E-state index < -0.39 is 0 Å². The summed E-state index contributed by atoms with van der Waals surface area (Å²) in [6.07, 6.45) is -0.259. The minimum absolute atomic E-state index is 0.218. The van der Waals surface area contributed by atoms with Gasteiger partial charge in [-0.1, -0.05) is 0 Å². The molecule has 0 bridgehead atoms. The van der Waals surface area contributed by atoms with E-state index in [1.165, 1.54) is 0 Å². The van der Waals surface area contributed by atoms with Crippen molar-refractivity contribution in [3.8, 4) is 0 Å². The van der Waals surface area contributed by atoms with Gasteiger partial charge in [0.25, 0.3) is 0 Å². The van der Waals surface area contributed by atoms with Gasteiger partial charge in [-0.25, -0.2) is 0 Å². The largest absolute Gasteiger partial charge is 0.392 e. The SMILES string of the molecule is C[C@@H](O)[C@H]1CN(C(C)(C)C)CCN1. The Bertz CT molecular complexity index is 163. The van der Waals surface area contributed by atoms with Crippen molar-refractivity contribution in [1.82, 2.24) is 10.2 Å². The van der Waals surface area contributed by atoms with Crippen LogP contribution in [-0.2, 0) is 0 Å². The molecule has 0 aliphatic carbocycles. The molecule has 0 spiro atoms. The fourth-order valence-electron chi connectivity index (χ4n) is 1.71. The smallest absolute Gasteiger partial charge is 0.0677 e. The first-order chi connectivity index (χ1) is 5.91. The molecule has 0 radical (unpaired) electrons. The summed E-state index contributed by atoms with van der Waals surface area (Å²) in [4.78, 5) is 2.42. The summed E-state index contributed by atoms with van der Waals surface area (Å²) in [5.41, 5.74) is 0.218. The maximum atomic E-state index is 9.47. The van der Waals surface area contributed by atoms with Gasteiger partial charge in [-0.15, -0.1) is 0 Å². The second-order valence-corrected chi connectivity index (χ2v) is 4.92. The van der Waals surface area contributed by atoms with E-state index in [1.54, 1.807) is 0 Å². The number of nitrogens with one attached hydrogen (secondary N) is 1.